The van der Waals surface area contributed by atoms with Crippen LogP contribution < -0.4 is 0 Å². The minimum atomic E-state index is -0.603. The maximum atomic E-state index is 13.1. The summed E-state index contributed by atoms with van der Waals surface area (Å²) in [4.78, 5) is 2.50. The first kappa shape index (κ1) is 22.1. The lowest BCUT2D eigenvalue weighted by Crippen LogP contribution is -2.33. The van der Waals surface area contributed by atoms with E-state index in [1.165, 1.54) is 36.5 Å². The third-order valence-electron chi connectivity index (χ3n) is 5.58. The summed E-state index contributed by atoms with van der Waals surface area (Å²) in [7, 11) is 2.24. The Morgan fingerprint density at radius 1 is 1.07 bits per heavy atom. The first-order valence-corrected chi connectivity index (χ1v) is 10.4. The summed E-state index contributed by atoms with van der Waals surface area (Å²) in [6.45, 7) is 4.81. The van der Waals surface area contributed by atoms with Crippen LogP contribution in [0.3, 0.4) is 0 Å². The van der Waals surface area contributed by atoms with Gasteiger partial charge in [0, 0.05) is 25.4 Å². The van der Waals surface area contributed by atoms with Crippen molar-refractivity contribution in [2.24, 2.45) is 0 Å². The smallest absolute Gasteiger partial charge is 0.108 e. The van der Waals surface area contributed by atoms with E-state index in [2.05, 4.69) is 73.5 Å². The summed E-state index contributed by atoms with van der Waals surface area (Å²) >= 11 is 0. The molecule has 2 nitrogen and oxygen atoms in total. The number of hydrogen-bond donors (Lipinski definition) is 0. The van der Waals surface area contributed by atoms with Crippen molar-refractivity contribution in [1.82, 2.24) is 4.90 Å². The molecule has 3 heteroatoms. The highest BCUT2D eigenvalue weighted by Gasteiger charge is 2.38. The van der Waals surface area contributed by atoms with Gasteiger partial charge in [-0.25, -0.2) is 4.39 Å². The van der Waals surface area contributed by atoms with Crippen LogP contribution in [-0.4, -0.2) is 30.7 Å². The van der Waals surface area contributed by atoms with E-state index in [0.29, 0.717) is 12.5 Å². The van der Waals surface area contributed by atoms with Gasteiger partial charge in [0.15, 0.2) is 0 Å². The number of nitrogens with zero attached hydrogens (tertiary/aromatic N) is 2. The normalized spacial score (nSPS) is 18.7. The number of hydrogen-bond acceptors (Lipinski definition) is 2. The average molecular weight is 381 g/mol. The van der Waals surface area contributed by atoms with Crippen LogP contribution in [0.25, 0.3) is 0 Å². The van der Waals surface area contributed by atoms with Gasteiger partial charge in [0.1, 0.15) is 6.17 Å². The van der Waals surface area contributed by atoms with Crippen molar-refractivity contribution in [1.29, 1.82) is 5.26 Å². The summed E-state index contributed by atoms with van der Waals surface area (Å²) < 4.78 is 13.1. The highest BCUT2D eigenvalue weighted by atomic mass is 19.1. The van der Waals surface area contributed by atoms with E-state index in [-0.39, 0.29) is 5.92 Å². The molecule has 0 heterocycles. The zero-order valence-electron chi connectivity index (χ0n) is 17.4. The Labute approximate surface area is 170 Å². The van der Waals surface area contributed by atoms with Gasteiger partial charge in [-0.05, 0) is 55.8 Å². The second-order valence-corrected chi connectivity index (χ2v) is 7.64. The summed E-state index contributed by atoms with van der Waals surface area (Å²) in [6.07, 6.45) is 4.66. The van der Waals surface area contributed by atoms with Gasteiger partial charge in [-0.1, -0.05) is 61.5 Å². The standard InChI is InChI=1S/C23H30FN.C2H3N/c1-3-21(25(2)16-15-18-7-5-4-6-8-18)14-11-19-9-12-20(13-10-19)22-17-23(22)24;1-2-3/h4-10,12-13,21-23H,3,11,14-17H2,1-2H3;1H3. The van der Waals surface area contributed by atoms with Crippen molar-refractivity contribution in [2.45, 2.75) is 64.1 Å². The Kier molecular flexibility index (Phi) is 9.17. The number of alkyl halides is 1. The fraction of sp³-hybridized carbons (Fsp3) is 0.480. The van der Waals surface area contributed by atoms with Crippen LogP contribution in [0.1, 0.15) is 55.7 Å². The van der Waals surface area contributed by atoms with Crippen LogP contribution in [0.2, 0.25) is 0 Å². The van der Waals surface area contributed by atoms with Crippen LogP contribution >= 0.6 is 0 Å². The zero-order valence-corrected chi connectivity index (χ0v) is 17.4. The molecule has 3 rings (SSSR count). The predicted molar refractivity (Wildman–Crippen MR) is 115 cm³/mol. The third kappa shape index (κ3) is 7.09. The number of halogens is 1. The Balaban J connectivity index is 0.000000878. The molecule has 0 spiro atoms. The molecule has 0 saturated heterocycles. The van der Waals surface area contributed by atoms with Gasteiger partial charge in [0.25, 0.3) is 0 Å². The topological polar surface area (TPSA) is 27.0 Å². The summed E-state index contributed by atoms with van der Waals surface area (Å²) in [5.74, 6) is 0.168. The lowest BCUT2D eigenvalue weighted by Gasteiger charge is -2.27. The monoisotopic (exact) mass is 380 g/mol. The number of likely N-dealkylation sites (N-methyl/N-ethyl adjacent to an activating group) is 1. The molecule has 150 valence electrons. The van der Waals surface area contributed by atoms with Crippen LogP contribution in [0, 0.1) is 11.3 Å². The van der Waals surface area contributed by atoms with Crippen molar-refractivity contribution in [2.75, 3.05) is 13.6 Å². The summed E-state index contributed by atoms with van der Waals surface area (Å²) in [5.41, 5.74) is 3.95. The minimum Gasteiger partial charge on any atom is -0.303 e. The quantitative estimate of drug-likeness (QED) is 0.539. The van der Waals surface area contributed by atoms with Crippen molar-refractivity contribution in [3.8, 4) is 6.07 Å². The zero-order chi connectivity index (χ0) is 20.4. The van der Waals surface area contributed by atoms with Crippen molar-refractivity contribution < 1.29 is 4.39 Å². The number of rotatable bonds is 9. The van der Waals surface area contributed by atoms with Gasteiger partial charge in [-0.2, -0.15) is 5.26 Å². The third-order valence-corrected chi connectivity index (χ3v) is 5.58. The van der Waals surface area contributed by atoms with E-state index in [1.807, 2.05) is 0 Å². The predicted octanol–water partition coefficient (Wildman–Crippen LogP) is 5.93. The molecule has 3 unspecified atom stereocenters. The Morgan fingerprint density at radius 3 is 2.18 bits per heavy atom. The van der Waals surface area contributed by atoms with Gasteiger partial charge in [-0.15, -0.1) is 0 Å². The molecule has 28 heavy (non-hydrogen) atoms. The van der Waals surface area contributed by atoms with Crippen LogP contribution in [0.4, 0.5) is 4.39 Å². The summed E-state index contributed by atoms with van der Waals surface area (Å²) in [5, 5.41) is 7.32. The average Bonchev–Trinajstić information content (AvgIpc) is 3.45. The molecule has 2 aromatic carbocycles. The second kappa shape index (κ2) is 11.6. The molecule has 1 saturated carbocycles. The minimum absolute atomic E-state index is 0.168. The maximum Gasteiger partial charge on any atom is 0.108 e. The van der Waals surface area contributed by atoms with Crippen LogP contribution in [0.15, 0.2) is 54.6 Å². The van der Waals surface area contributed by atoms with Crippen molar-refractivity contribution >= 4 is 0 Å². The largest absolute Gasteiger partial charge is 0.303 e. The van der Waals surface area contributed by atoms with Gasteiger partial charge in [0.2, 0.25) is 0 Å². The lowest BCUT2D eigenvalue weighted by molar-refractivity contribution is 0.227. The van der Waals surface area contributed by atoms with Gasteiger partial charge in [0.05, 0.1) is 6.07 Å². The molecule has 1 aliphatic rings. The van der Waals surface area contributed by atoms with Crippen LogP contribution in [-0.2, 0) is 12.8 Å². The van der Waals surface area contributed by atoms with E-state index in [4.69, 9.17) is 5.26 Å². The molecule has 1 fully saturated rings. The molecule has 0 aromatic heterocycles. The number of aryl methyl sites for hydroxylation is 1. The SMILES string of the molecule is CC#N.CCC(CCc1ccc(C2CC2F)cc1)N(C)CCc1ccccc1. The molecule has 0 aliphatic heterocycles. The first-order valence-electron chi connectivity index (χ1n) is 10.4. The molecule has 2 aromatic rings. The highest BCUT2D eigenvalue weighted by Crippen LogP contribution is 2.43. The molecular weight excluding hydrogens is 347 g/mol. The molecule has 0 amide bonds. The molecular formula is C25H33FN2. The van der Waals surface area contributed by atoms with E-state index >= 15 is 0 Å². The van der Waals surface area contributed by atoms with Gasteiger partial charge in [-0.3, -0.25) is 0 Å². The lowest BCUT2D eigenvalue weighted by atomic mass is 10.00. The van der Waals surface area contributed by atoms with Crippen LogP contribution in [0.5, 0.6) is 0 Å². The van der Waals surface area contributed by atoms with E-state index in [9.17, 15) is 4.39 Å². The Morgan fingerprint density at radius 2 is 1.64 bits per heavy atom. The van der Waals surface area contributed by atoms with E-state index in [0.717, 1.165) is 19.4 Å². The molecule has 1 aliphatic carbocycles. The second-order valence-electron chi connectivity index (χ2n) is 7.64. The fourth-order valence-corrected chi connectivity index (χ4v) is 3.64. The molecule has 0 N–H and O–H groups in total. The van der Waals surface area contributed by atoms with Gasteiger partial charge < -0.3 is 4.90 Å². The van der Waals surface area contributed by atoms with E-state index < -0.39 is 6.17 Å². The highest BCUT2D eigenvalue weighted by molar-refractivity contribution is 5.30. The number of nitriles is 1. The van der Waals surface area contributed by atoms with E-state index in [1.54, 1.807) is 6.07 Å². The van der Waals surface area contributed by atoms with Crippen molar-refractivity contribution in [3.63, 3.8) is 0 Å². The molecule has 3 atom stereocenters. The van der Waals surface area contributed by atoms with Gasteiger partial charge >= 0.3 is 0 Å². The van der Waals surface area contributed by atoms with Crippen molar-refractivity contribution in [3.05, 3.63) is 71.3 Å². The number of benzene rings is 2. The molecule has 0 radical (unpaired) electrons. The maximum absolute atomic E-state index is 13.1. The molecule has 0 bridgehead atoms. The Hall–Kier alpha value is -2.18. The fourth-order valence-electron chi connectivity index (χ4n) is 3.64. The summed E-state index contributed by atoms with van der Waals surface area (Å²) in [6, 6.07) is 21.7. The first-order chi connectivity index (χ1) is 13.6. The Bertz CT molecular complexity index is 720.